The molecule has 2 aromatic carbocycles. The van der Waals surface area contributed by atoms with Crippen molar-refractivity contribution in [1.82, 2.24) is 0 Å². The molecule has 6 heteroatoms. The van der Waals surface area contributed by atoms with E-state index in [0.717, 1.165) is 5.56 Å². The lowest BCUT2D eigenvalue weighted by Gasteiger charge is -2.07. The summed E-state index contributed by atoms with van der Waals surface area (Å²) >= 11 is 6.03. The third kappa shape index (κ3) is 2.30. The highest BCUT2D eigenvalue weighted by Gasteiger charge is 2.29. The fourth-order valence-electron chi connectivity index (χ4n) is 1.94. The van der Waals surface area contributed by atoms with Crippen molar-refractivity contribution in [2.45, 2.75) is 11.5 Å². The predicted molar refractivity (Wildman–Crippen MR) is 76.4 cm³/mol. The van der Waals surface area contributed by atoms with Crippen molar-refractivity contribution in [2.75, 3.05) is 0 Å². The molecule has 0 amide bonds. The van der Waals surface area contributed by atoms with Crippen molar-refractivity contribution < 1.29 is 13.2 Å². The summed E-state index contributed by atoms with van der Waals surface area (Å²) in [6.07, 6.45) is 0. The second kappa shape index (κ2) is 4.92. The van der Waals surface area contributed by atoms with Gasteiger partial charge in [0.2, 0.25) is 5.90 Å². The van der Waals surface area contributed by atoms with Gasteiger partial charge in [0.25, 0.3) is 10.0 Å². The fourth-order valence-corrected chi connectivity index (χ4v) is 3.28. The highest BCUT2D eigenvalue weighted by molar-refractivity contribution is 7.90. The zero-order valence-corrected chi connectivity index (χ0v) is 11.9. The highest BCUT2D eigenvalue weighted by atomic mass is 35.5. The molecular formula is C14H10ClNO3S. The molecule has 0 aromatic heterocycles. The summed E-state index contributed by atoms with van der Waals surface area (Å²) in [7, 11) is -3.64. The average molecular weight is 308 g/mol. The quantitative estimate of drug-likeness (QED) is 0.857. The first-order chi connectivity index (χ1) is 9.58. The van der Waals surface area contributed by atoms with Crippen molar-refractivity contribution in [2.24, 2.45) is 4.40 Å². The van der Waals surface area contributed by atoms with Gasteiger partial charge in [-0.1, -0.05) is 41.9 Å². The lowest BCUT2D eigenvalue weighted by molar-refractivity contribution is 0.295. The number of halogens is 1. The van der Waals surface area contributed by atoms with Crippen LogP contribution in [-0.2, 0) is 21.4 Å². The summed E-state index contributed by atoms with van der Waals surface area (Å²) in [6.45, 7) is 0.169. The van der Waals surface area contributed by atoms with Crippen LogP contribution >= 0.6 is 11.6 Å². The first kappa shape index (κ1) is 13.1. The zero-order valence-electron chi connectivity index (χ0n) is 10.3. The Labute approximate surface area is 121 Å². The molecule has 4 nitrogen and oxygen atoms in total. The molecule has 2 aromatic rings. The van der Waals surface area contributed by atoms with E-state index in [-0.39, 0.29) is 17.4 Å². The van der Waals surface area contributed by atoms with Gasteiger partial charge in [0.05, 0.1) is 5.56 Å². The maximum atomic E-state index is 11.8. The van der Waals surface area contributed by atoms with Crippen LogP contribution in [0.1, 0.15) is 11.1 Å². The van der Waals surface area contributed by atoms with Crippen LogP contribution in [-0.4, -0.2) is 14.3 Å². The third-order valence-corrected chi connectivity index (χ3v) is 4.61. The number of rotatable bonds is 2. The Bertz CT molecular complexity index is 800. The lowest BCUT2D eigenvalue weighted by Crippen LogP contribution is -2.04. The van der Waals surface area contributed by atoms with Crippen molar-refractivity contribution in [3.63, 3.8) is 0 Å². The summed E-state index contributed by atoms with van der Waals surface area (Å²) < 4.78 is 32.9. The Morgan fingerprint density at radius 1 is 1.05 bits per heavy atom. The van der Waals surface area contributed by atoms with Gasteiger partial charge in [-0.3, -0.25) is 0 Å². The van der Waals surface area contributed by atoms with Gasteiger partial charge < -0.3 is 4.74 Å². The largest absolute Gasteiger partial charge is 0.472 e. The Balaban J connectivity index is 1.88. The van der Waals surface area contributed by atoms with E-state index in [4.69, 9.17) is 16.3 Å². The second-order valence-electron chi connectivity index (χ2n) is 4.25. The first-order valence-electron chi connectivity index (χ1n) is 5.88. The van der Waals surface area contributed by atoms with E-state index in [9.17, 15) is 8.42 Å². The molecule has 0 radical (unpaired) electrons. The number of fused-ring (bicyclic) bond motifs is 1. The van der Waals surface area contributed by atoms with Crippen LogP contribution in [0.2, 0.25) is 5.02 Å². The Kier molecular flexibility index (Phi) is 3.23. The van der Waals surface area contributed by atoms with E-state index in [1.807, 2.05) is 18.2 Å². The lowest BCUT2D eigenvalue weighted by atomic mass is 10.2. The molecule has 1 aliphatic rings. The number of ether oxygens (including phenoxy) is 1. The van der Waals surface area contributed by atoms with Crippen LogP contribution in [0.15, 0.2) is 57.8 Å². The van der Waals surface area contributed by atoms with E-state index >= 15 is 0 Å². The van der Waals surface area contributed by atoms with E-state index < -0.39 is 10.0 Å². The molecule has 1 aliphatic heterocycles. The van der Waals surface area contributed by atoms with Gasteiger partial charge in [-0.2, -0.15) is 8.42 Å². The number of hydrogen-bond acceptors (Lipinski definition) is 3. The highest BCUT2D eigenvalue weighted by Crippen LogP contribution is 2.27. The van der Waals surface area contributed by atoms with Crippen molar-refractivity contribution in [1.29, 1.82) is 0 Å². The minimum atomic E-state index is -3.64. The normalized spacial score (nSPS) is 15.6. The molecule has 20 heavy (non-hydrogen) atoms. The van der Waals surface area contributed by atoms with Gasteiger partial charge in [-0.05, 0) is 18.2 Å². The van der Waals surface area contributed by atoms with Gasteiger partial charge >= 0.3 is 0 Å². The second-order valence-corrected chi connectivity index (χ2v) is 6.23. The van der Waals surface area contributed by atoms with Gasteiger partial charge in [0.15, 0.2) is 0 Å². The summed E-state index contributed by atoms with van der Waals surface area (Å²) in [5, 5.41) is 0.572. The summed E-state index contributed by atoms with van der Waals surface area (Å²) in [4.78, 5) is 0.175. The monoisotopic (exact) mass is 307 g/mol. The summed E-state index contributed by atoms with van der Waals surface area (Å²) in [6, 6.07) is 13.8. The van der Waals surface area contributed by atoms with Crippen LogP contribution in [0.25, 0.3) is 0 Å². The molecule has 1 heterocycles. The Morgan fingerprint density at radius 2 is 1.75 bits per heavy atom. The molecule has 0 unspecified atom stereocenters. The predicted octanol–water partition coefficient (Wildman–Crippen LogP) is 3.01. The number of benzene rings is 2. The van der Waals surface area contributed by atoms with Crippen LogP contribution in [0.5, 0.6) is 0 Å². The average Bonchev–Trinajstić information content (AvgIpc) is 2.70. The summed E-state index contributed by atoms with van der Waals surface area (Å²) in [5.74, 6) is 0.112. The molecule has 0 saturated carbocycles. The van der Waals surface area contributed by atoms with Crippen LogP contribution in [0.4, 0.5) is 0 Å². The molecule has 0 atom stereocenters. The minimum Gasteiger partial charge on any atom is -0.472 e. The van der Waals surface area contributed by atoms with Gasteiger partial charge in [-0.25, -0.2) is 0 Å². The maximum Gasteiger partial charge on any atom is 0.286 e. The van der Waals surface area contributed by atoms with Crippen molar-refractivity contribution in [3.05, 3.63) is 64.7 Å². The molecule has 0 fully saturated rings. The Morgan fingerprint density at radius 3 is 2.55 bits per heavy atom. The van der Waals surface area contributed by atoms with E-state index in [0.29, 0.717) is 10.6 Å². The fraction of sp³-hybridized carbons (Fsp3) is 0.0714. The summed E-state index contributed by atoms with van der Waals surface area (Å²) in [5.41, 5.74) is 1.26. The third-order valence-electron chi connectivity index (χ3n) is 2.92. The molecular weight excluding hydrogens is 298 g/mol. The molecule has 0 spiro atoms. The molecule has 0 bridgehead atoms. The zero-order chi connectivity index (χ0) is 14.2. The molecule has 3 rings (SSSR count). The van der Waals surface area contributed by atoms with Crippen LogP contribution in [0.3, 0.4) is 0 Å². The van der Waals surface area contributed by atoms with Gasteiger partial charge in [-0.15, -0.1) is 4.40 Å². The molecule has 0 N–H and O–H groups in total. The number of nitrogens with zero attached hydrogens (tertiary/aromatic N) is 1. The maximum absolute atomic E-state index is 11.8. The van der Waals surface area contributed by atoms with Crippen LogP contribution in [0, 0.1) is 0 Å². The van der Waals surface area contributed by atoms with Gasteiger partial charge in [0.1, 0.15) is 11.5 Å². The minimum absolute atomic E-state index is 0.112. The van der Waals surface area contributed by atoms with E-state index in [2.05, 4.69) is 4.40 Å². The number of sulfonamides is 1. The standard InChI is InChI=1S/C14H10ClNO3S/c15-12-7-3-1-5-10(12)9-19-14-11-6-2-4-8-13(11)20(17,18)16-14/h1-8H,9H2. The van der Waals surface area contributed by atoms with E-state index in [1.54, 1.807) is 24.3 Å². The number of hydrogen-bond donors (Lipinski definition) is 0. The Hall–Kier alpha value is -1.85. The SMILES string of the molecule is O=S1(=O)N=C(OCc2ccccc2Cl)c2ccccc21. The molecule has 0 aliphatic carbocycles. The topological polar surface area (TPSA) is 55.7 Å². The molecule has 0 saturated heterocycles. The smallest absolute Gasteiger partial charge is 0.286 e. The molecule has 102 valence electrons. The van der Waals surface area contributed by atoms with Crippen molar-refractivity contribution in [3.8, 4) is 0 Å². The van der Waals surface area contributed by atoms with Crippen molar-refractivity contribution >= 4 is 27.5 Å². The van der Waals surface area contributed by atoms with E-state index in [1.165, 1.54) is 6.07 Å². The first-order valence-corrected chi connectivity index (χ1v) is 7.70. The van der Waals surface area contributed by atoms with Crippen LogP contribution < -0.4 is 0 Å². The van der Waals surface area contributed by atoms with Gasteiger partial charge in [0, 0.05) is 10.6 Å².